The van der Waals surface area contributed by atoms with Crippen molar-refractivity contribution in [1.82, 2.24) is 5.43 Å². The second kappa shape index (κ2) is 11.2. The number of hydrogen-bond acceptors (Lipinski definition) is 6. The Balaban J connectivity index is 1.84. The third-order valence-electron chi connectivity index (χ3n) is 3.92. The van der Waals surface area contributed by atoms with Crippen LogP contribution in [0.2, 0.25) is 0 Å². The van der Waals surface area contributed by atoms with E-state index in [0.717, 1.165) is 10.0 Å². The minimum atomic E-state index is -0.431. The second-order valence-corrected chi connectivity index (χ2v) is 7.25. The molecule has 0 fully saturated rings. The maximum atomic E-state index is 12.2. The summed E-state index contributed by atoms with van der Waals surface area (Å²) >= 11 is 3.39. The van der Waals surface area contributed by atoms with Crippen LogP contribution in [0.3, 0.4) is 0 Å². The number of anilines is 1. The molecule has 8 nitrogen and oxygen atoms in total. The zero-order valence-electron chi connectivity index (χ0n) is 17.2. The van der Waals surface area contributed by atoms with Gasteiger partial charge in [-0.3, -0.25) is 9.59 Å². The maximum absolute atomic E-state index is 12.2. The molecule has 0 saturated carbocycles. The van der Waals surface area contributed by atoms with E-state index in [4.69, 9.17) is 14.2 Å². The summed E-state index contributed by atoms with van der Waals surface area (Å²) in [4.78, 5) is 24.2. The fraction of sp³-hybridized carbons (Fsp3) is 0.286. The third-order valence-corrected chi connectivity index (χ3v) is 4.54. The Labute approximate surface area is 183 Å². The van der Waals surface area contributed by atoms with Crippen LogP contribution in [-0.4, -0.2) is 38.4 Å². The van der Waals surface area contributed by atoms with Crippen LogP contribution < -0.4 is 25.0 Å². The van der Waals surface area contributed by atoms with Crippen molar-refractivity contribution in [2.45, 2.75) is 20.3 Å². The van der Waals surface area contributed by atoms with Crippen molar-refractivity contribution in [3.63, 3.8) is 0 Å². The van der Waals surface area contributed by atoms with E-state index in [-0.39, 0.29) is 18.9 Å². The number of methoxy groups -OCH3 is 2. The highest BCUT2D eigenvalue weighted by Gasteiger charge is 2.11. The van der Waals surface area contributed by atoms with Gasteiger partial charge in [-0.05, 0) is 59.6 Å². The molecule has 30 heavy (non-hydrogen) atoms. The molecule has 0 bridgehead atoms. The molecule has 2 amide bonds. The van der Waals surface area contributed by atoms with Crippen molar-refractivity contribution in [2.24, 2.45) is 5.10 Å². The van der Waals surface area contributed by atoms with Crippen molar-refractivity contribution in [2.75, 3.05) is 26.1 Å². The van der Waals surface area contributed by atoms with Crippen LogP contribution in [-0.2, 0) is 9.59 Å². The highest BCUT2D eigenvalue weighted by Crippen LogP contribution is 2.29. The van der Waals surface area contributed by atoms with Gasteiger partial charge in [0.05, 0.1) is 30.8 Å². The Hall–Kier alpha value is -3.07. The number of aryl methyl sites for hydroxylation is 1. The molecule has 0 unspecified atom stereocenters. The Bertz CT molecular complexity index is 946. The number of benzene rings is 2. The predicted octanol–water partition coefficient (Wildman–Crippen LogP) is 3.67. The molecule has 0 atom stereocenters. The van der Waals surface area contributed by atoms with Gasteiger partial charge in [-0.15, -0.1) is 0 Å². The lowest BCUT2D eigenvalue weighted by molar-refractivity contribution is -0.123. The van der Waals surface area contributed by atoms with Crippen molar-refractivity contribution in [3.05, 3.63) is 46.4 Å². The second-order valence-electron chi connectivity index (χ2n) is 6.40. The molecule has 0 spiro atoms. The van der Waals surface area contributed by atoms with Crippen LogP contribution >= 0.6 is 15.9 Å². The lowest BCUT2D eigenvalue weighted by atomic mass is 10.2. The van der Waals surface area contributed by atoms with Gasteiger partial charge in [0.25, 0.3) is 5.91 Å². The van der Waals surface area contributed by atoms with Gasteiger partial charge in [0.1, 0.15) is 17.2 Å². The first kappa shape index (κ1) is 23.2. The standard InChI is InChI=1S/C21H24BrN3O5/c1-13-5-8-18(16(22)9-13)30-12-21(27)25-24-14(2)10-20(26)23-17-7-6-15(28-3)11-19(17)29-4/h5-9,11H,10,12H2,1-4H3,(H,23,26)(H,25,27)/b24-14-. The molecule has 9 heteroatoms. The van der Waals surface area contributed by atoms with Crippen molar-refractivity contribution < 1.29 is 23.8 Å². The predicted molar refractivity (Wildman–Crippen MR) is 118 cm³/mol. The summed E-state index contributed by atoms with van der Waals surface area (Å²) in [7, 11) is 3.05. The first-order valence-electron chi connectivity index (χ1n) is 9.05. The minimum absolute atomic E-state index is 0.000168. The summed E-state index contributed by atoms with van der Waals surface area (Å²) in [5, 5.41) is 6.68. The Morgan fingerprint density at radius 2 is 1.80 bits per heavy atom. The number of amides is 2. The SMILES string of the molecule is COc1ccc(NC(=O)C/C(C)=N\NC(=O)COc2ccc(C)cc2Br)c(OC)c1. The first-order valence-corrected chi connectivity index (χ1v) is 9.84. The van der Waals surface area contributed by atoms with Gasteiger partial charge in [-0.1, -0.05) is 6.07 Å². The number of hydrazone groups is 1. The number of ether oxygens (including phenoxy) is 3. The molecule has 0 saturated heterocycles. The highest BCUT2D eigenvalue weighted by atomic mass is 79.9. The molecule has 2 aromatic carbocycles. The molecule has 160 valence electrons. The van der Waals surface area contributed by atoms with Crippen LogP contribution in [0.4, 0.5) is 5.69 Å². The van der Waals surface area contributed by atoms with Gasteiger partial charge in [0.15, 0.2) is 6.61 Å². The summed E-state index contributed by atoms with van der Waals surface area (Å²) in [5.74, 6) is 0.923. The average Bonchev–Trinajstić information content (AvgIpc) is 2.71. The monoisotopic (exact) mass is 477 g/mol. The van der Waals surface area contributed by atoms with E-state index in [1.165, 1.54) is 7.11 Å². The van der Waals surface area contributed by atoms with E-state index in [1.807, 2.05) is 19.1 Å². The van der Waals surface area contributed by atoms with Gasteiger partial charge >= 0.3 is 0 Å². The minimum Gasteiger partial charge on any atom is -0.497 e. The summed E-state index contributed by atoms with van der Waals surface area (Å²) < 4.78 is 16.6. The van der Waals surface area contributed by atoms with Gasteiger partial charge in [-0.25, -0.2) is 5.43 Å². The van der Waals surface area contributed by atoms with Crippen LogP contribution in [0.25, 0.3) is 0 Å². The van der Waals surface area contributed by atoms with Gasteiger partial charge in [0, 0.05) is 11.8 Å². The molecule has 2 aromatic rings. The van der Waals surface area contributed by atoms with E-state index < -0.39 is 5.91 Å². The zero-order valence-corrected chi connectivity index (χ0v) is 18.8. The number of halogens is 1. The molecule has 0 aliphatic carbocycles. The van der Waals surface area contributed by atoms with E-state index >= 15 is 0 Å². The summed E-state index contributed by atoms with van der Waals surface area (Å²) in [6.45, 7) is 3.40. The normalized spacial score (nSPS) is 10.9. The van der Waals surface area contributed by atoms with Gasteiger partial charge < -0.3 is 19.5 Å². The van der Waals surface area contributed by atoms with Crippen molar-refractivity contribution >= 4 is 39.1 Å². The number of carbonyl (C=O) groups excluding carboxylic acids is 2. The molecule has 0 radical (unpaired) electrons. The number of nitrogens with zero attached hydrogens (tertiary/aromatic N) is 1. The molecular weight excluding hydrogens is 454 g/mol. The maximum Gasteiger partial charge on any atom is 0.277 e. The van der Waals surface area contributed by atoms with E-state index in [1.54, 1.807) is 38.3 Å². The summed E-state index contributed by atoms with van der Waals surface area (Å²) in [5.41, 5.74) is 4.40. The summed E-state index contributed by atoms with van der Waals surface area (Å²) in [6, 6.07) is 10.6. The Kier molecular flexibility index (Phi) is 8.67. The highest BCUT2D eigenvalue weighted by molar-refractivity contribution is 9.10. The third kappa shape index (κ3) is 7.07. The molecule has 2 N–H and O–H groups in total. The molecule has 2 rings (SSSR count). The molecular formula is C21H24BrN3O5. The Morgan fingerprint density at radius 3 is 2.47 bits per heavy atom. The Morgan fingerprint density at radius 1 is 1.03 bits per heavy atom. The molecule has 0 heterocycles. The fourth-order valence-corrected chi connectivity index (χ4v) is 3.03. The van der Waals surface area contributed by atoms with Crippen LogP contribution in [0.1, 0.15) is 18.9 Å². The van der Waals surface area contributed by atoms with E-state index in [9.17, 15) is 9.59 Å². The topological polar surface area (TPSA) is 98.2 Å². The lowest BCUT2D eigenvalue weighted by Gasteiger charge is -2.11. The molecule has 0 aliphatic rings. The van der Waals surface area contributed by atoms with Crippen LogP contribution in [0.5, 0.6) is 17.2 Å². The van der Waals surface area contributed by atoms with Crippen molar-refractivity contribution in [1.29, 1.82) is 0 Å². The number of hydrogen-bond donors (Lipinski definition) is 2. The van der Waals surface area contributed by atoms with Crippen LogP contribution in [0.15, 0.2) is 46.0 Å². The number of nitrogens with one attached hydrogen (secondary N) is 2. The fourth-order valence-electron chi connectivity index (χ4n) is 2.42. The smallest absolute Gasteiger partial charge is 0.277 e. The zero-order chi connectivity index (χ0) is 22.1. The largest absolute Gasteiger partial charge is 0.497 e. The number of carbonyl (C=O) groups is 2. The molecule has 0 aromatic heterocycles. The van der Waals surface area contributed by atoms with Crippen LogP contribution in [0, 0.1) is 6.92 Å². The number of rotatable bonds is 9. The summed E-state index contributed by atoms with van der Waals surface area (Å²) in [6.07, 6.45) is -0.000168. The van der Waals surface area contributed by atoms with Crippen molar-refractivity contribution in [3.8, 4) is 17.2 Å². The molecule has 0 aliphatic heterocycles. The quantitative estimate of drug-likeness (QED) is 0.424. The lowest BCUT2D eigenvalue weighted by Crippen LogP contribution is -2.26. The van der Waals surface area contributed by atoms with Gasteiger partial charge in [0.2, 0.25) is 5.91 Å². The average molecular weight is 478 g/mol. The van der Waals surface area contributed by atoms with E-state index in [2.05, 4.69) is 31.8 Å². The van der Waals surface area contributed by atoms with Gasteiger partial charge in [-0.2, -0.15) is 5.10 Å². The van der Waals surface area contributed by atoms with E-state index in [0.29, 0.717) is 28.6 Å². The first-order chi connectivity index (χ1) is 14.3.